The summed E-state index contributed by atoms with van der Waals surface area (Å²) in [4.78, 5) is 11.6. The Labute approximate surface area is 168 Å². The van der Waals surface area contributed by atoms with Crippen LogP contribution in [0.25, 0.3) is 0 Å². The van der Waals surface area contributed by atoms with Crippen molar-refractivity contribution in [3.05, 3.63) is 11.6 Å². The van der Waals surface area contributed by atoms with Gasteiger partial charge < -0.3 is 29.2 Å². The second kappa shape index (κ2) is 12.5. The van der Waals surface area contributed by atoms with Gasteiger partial charge in [-0.25, -0.2) is 4.79 Å². The third-order valence-corrected chi connectivity index (χ3v) is 4.99. The number of epoxide rings is 1. The van der Waals surface area contributed by atoms with E-state index < -0.39 is 12.2 Å². The number of esters is 1. The van der Waals surface area contributed by atoms with Gasteiger partial charge in [-0.05, 0) is 32.3 Å². The number of rotatable bonds is 16. The normalized spacial score (nSPS) is 26.1. The molecule has 2 aliphatic rings. The lowest BCUT2D eigenvalue weighted by Crippen LogP contribution is -2.20. The standard InChI is InChI=1S/C21H36O7/c1-3-4-7-16(22)13-25-10-11-26-14-17(23)8-5-6-9-19-20(28-19)18-12-15(2)27-21(18)24/h12,15-17,19-20,22-23H,3-11,13-14H2,1-2H3/t15-,16?,17?,19?,20?/m0/s1. The van der Waals surface area contributed by atoms with Crippen molar-refractivity contribution in [1.29, 1.82) is 0 Å². The molecule has 0 bridgehead atoms. The largest absolute Gasteiger partial charge is 0.455 e. The fraction of sp³-hybridized carbons (Fsp3) is 0.857. The molecule has 1 fully saturated rings. The highest BCUT2D eigenvalue weighted by molar-refractivity contribution is 5.92. The van der Waals surface area contributed by atoms with Gasteiger partial charge in [-0.15, -0.1) is 0 Å². The van der Waals surface area contributed by atoms with Crippen LogP contribution in [0.15, 0.2) is 11.6 Å². The zero-order valence-corrected chi connectivity index (χ0v) is 17.2. The van der Waals surface area contributed by atoms with E-state index in [-0.39, 0.29) is 24.3 Å². The van der Waals surface area contributed by atoms with Crippen LogP contribution in [-0.2, 0) is 23.7 Å². The maximum atomic E-state index is 11.6. The Bertz CT molecular complexity index is 493. The highest BCUT2D eigenvalue weighted by Gasteiger charge is 2.46. The second-order valence-corrected chi connectivity index (χ2v) is 7.71. The zero-order valence-electron chi connectivity index (χ0n) is 17.2. The van der Waals surface area contributed by atoms with Gasteiger partial charge in [0.05, 0.1) is 50.3 Å². The molecule has 2 aliphatic heterocycles. The summed E-state index contributed by atoms with van der Waals surface area (Å²) in [5.41, 5.74) is 0.658. The third kappa shape index (κ3) is 8.57. The van der Waals surface area contributed by atoms with Gasteiger partial charge in [0.2, 0.25) is 0 Å². The summed E-state index contributed by atoms with van der Waals surface area (Å²) in [7, 11) is 0. The number of cyclic esters (lactones) is 1. The Kier molecular flexibility index (Phi) is 10.4. The molecule has 0 spiro atoms. The monoisotopic (exact) mass is 400 g/mol. The van der Waals surface area contributed by atoms with E-state index in [1.165, 1.54) is 0 Å². The lowest BCUT2D eigenvalue weighted by molar-refractivity contribution is -0.139. The van der Waals surface area contributed by atoms with E-state index in [4.69, 9.17) is 18.9 Å². The molecule has 0 aromatic rings. The van der Waals surface area contributed by atoms with E-state index in [1.807, 2.05) is 13.0 Å². The van der Waals surface area contributed by atoms with Crippen LogP contribution in [-0.4, -0.2) is 73.1 Å². The van der Waals surface area contributed by atoms with Crippen LogP contribution < -0.4 is 0 Å². The van der Waals surface area contributed by atoms with Crippen molar-refractivity contribution in [1.82, 2.24) is 0 Å². The number of unbranched alkanes of at least 4 members (excludes halogenated alkanes) is 2. The van der Waals surface area contributed by atoms with E-state index in [1.54, 1.807) is 0 Å². The molecule has 0 aromatic carbocycles. The predicted octanol–water partition coefficient (Wildman–Crippen LogP) is 2.13. The Hall–Kier alpha value is -0.990. The molecule has 0 radical (unpaired) electrons. The Morgan fingerprint density at radius 1 is 1.07 bits per heavy atom. The van der Waals surface area contributed by atoms with Crippen molar-refractivity contribution >= 4 is 5.97 Å². The van der Waals surface area contributed by atoms with Crippen LogP contribution in [0.3, 0.4) is 0 Å². The summed E-state index contributed by atoms with van der Waals surface area (Å²) in [6.45, 7) is 5.40. The number of hydrogen-bond donors (Lipinski definition) is 2. The first-order chi connectivity index (χ1) is 13.5. The van der Waals surface area contributed by atoms with E-state index in [9.17, 15) is 15.0 Å². The quantitative estimate of drug-likeness (QED) is 0.233. The van der Waals surface area contributed by atoms with Gasteiger partial charge in [0.25, 0.3) is 0 Å². The molecule has 0 aliphatic carbocycles. The molecule has 0 saturated carbocycles. The van der Waals surface area contributed by atoms with Crippen LogP contribution in [0.5, 0.6) is 0 Å². The number of hydrogen-bond acceptors (Lipinski definition) is 7. The molecule has 28 heavy (non-hydrogen) atoms. The van der Waals surface area contributed by atoms with Crippen LogP contribution in [0.1, 0.15) is 58.8 Å². The highest BCUT2D eigenvalue weighted by Crippen LogP contribution is 2.36. The van der Waals surface area contributed by atoms with Crippen molar-refractivity contribution in [2.45, 2.75) is 89.3 Å². The molecule has 5 atom stereocenters. The topological polar surface area (TPSA) is 97.8 Å². The summed E-state index contributed by atoms with van der Waals surface area (Å²) < 4.78 is 21.4. The van der Waals surface area contributed by atoms with Gasteiger partial charge in [0.1, 0.15) is 12.2 Å². The second-order valence-electron chi connectivity index (χ2n) is 7.71. The lowest BCUT2D eigenvalue weighted by Gasteiger charge is -2.13. The molecule has 2 rings (SSSR count). The molecule has 2 heterocycles. The zero-order chi connectivity index (χ0) is 20.4. The van der Waals surface area contributed by atoms with Gasteiger partial charge >= 0.3 is 5.97 Å². The van der Waals surface area contributed by atoms with Crippen LogP contribution >= 0.6 is 0 Å². The molecule has 7 nitrogen and oxygen atoms in total. The molecule has 2 N–H and O–H groups in total. The minimum Gasteiger partial charge on any atom is -0.455 e. The third-order valence-electron chi connectivity index (χ3n) is 4.99. The summed E-state index contributed by atoms with van der Waals surface area (Å²) in [6, 6.07) is 0. The maximum absolute atomic E-state index is 11.6. The van der Waals surface area contributed by atoms with Crippen molar-refractivity contribution in [3.63, 3.8) is 0 Å². The first-order valence-electron chi connectivity index (χ1n) is 10.6. The molecule has 0 aromatic heterocycles. The van der Waals surface area contributed by atoms with Gasteiger partial charge in [0, 0.05) is 0 Å². The molecule has 7 heteroatoms. The van der Waals surface area contributed by atoms with E-state index in [0.717, 1.165) is 38.5 Å². The number of aliphatic hydroxyl groups is 2. The summed E-state index contributed by atoms with van der Waals surface area (Å²) in [6.07, 6.45) is 7.01. The maximum Gasteiger partial charge on any atom is 0.337 e. The van der Waals surface area contributed by atoms with Gasteiger partial charge in [-0.1, -0.05) is 32.6 Å². The Morgan fingerprint density at radius 2 is 1.71 bits per heavy atom. The van der Waals surface area contributed by atoms with Crippen molar-refractivity contribution < 1.29 is 34.0 Å². The molecular formula is C21H36O7. The number of aliphatic hydroxyl groups excluding tert-OH is 2. The molecule has 162 valence electrons. The smallest absolute Gasteiger partial charge is 0.337 e. The summed E-state index contributed by atoms with van der Waals surface area (Å²) >= 11 is 0. The Balaban J connectivity index is 1.39. The Morgan fingerprint density at radius 3 is 2.29 bits per heavy atom. The van der Waals surface area contributed by atoms with E-state index in [0.29, 0.717) is 38.4 Å². The van der Waals surface area contributed by atoms with E-state index >= 15 is 0 Å². The minimum absolute atomic E-state index is 0.0994. The molecule has 0 amide bonds. The fourth-order valence-electron chi connectivity index (χ4n) is 3.33. The highest BCUT2D eigenvalue weighted by atomic mass is 16.6. The fourth-order valence-corrected chi connectivity index (χ4v) is 3.33. The number of ether oxygens (including phenoxy) is 4. The van der Waals surface area contributed by atoms with Crippen molar-refractivity contribution in [2.75, 3.05) is 26.4 Å². The lowest BCUT2D eigenvalue weighted by atomic mass is 10.0. The van der Waals surface area contributed by atoms with Crippen LogP contribution in [0.2, 0.25) is 0 Å². The van der Waals surface area contributed by atoms with E-state index in [2.05, 4.69) is 6.92 Å². The summed E-state index contributed by atoms with van der Waals surface area (Å²) in [5, 5.41) is 19.6. The number of carbonyl (C=O) groups is 1. The number of carbonyl (C=O) groups excluding carboxylic acids is 1. The van der Waals surface area contributed by atoms with Crippen LogP contribution in [0, 0.1) is 0 Å². The molecular weight excluding hydrogens is 364 g/mol. The predicted molar refractivity (Wildman–Crippen MR) is 104 cm³/mol. The van der Waals surface area contributed by atoms with Gasteiger partial charge in [0.15, 0.2) is 0 Å². The first kappa shape index (κ1) is 23.3. The van der Waals surface area contributed by atoms with Crippen molar-refractivity contribution in [3.8, 4) is 0 Å². The average molecular weight is 401 g/mol. The molecule has 4 unspecified atom stereocenters. The van der Waals surface area contributed by atoms with Crippen molar-refractivity contribution in [2.24, 2.45) is 0 Å². The molecule has 1 saturated heterocycles. The minimum atomic E-state index is -0.487. The summed E-state index contributed by atoms with van der Waals surface area (Å²) in [5.74, 6) is -0.257. The van der Waals surface area contributed by atoms with Crippen LogP contribution in [0.4, 0.5) is 0 Å². The first-order valence-corrected chi connectivity index (χ1v) is 10.6. The average Bonchev–Trinajstić information content (AvgIpc) is 3.35. The van der Waals surface area contributed by atoms with Gasteiger partial charge in [-0.2, -0.15) is 0 Å². The SMILES string of the molecule is CCCCC(O)COCCOCC(O)CCCCC1OC1C1=C[C@H](C)OC1=O. The van der Waals surface area contributed by atoms with Gasteiger partial charge in [-0.3, -0.25) is 0 Å².